The summed E-state index contributed by atoms with van der Waals surface area (Å²) in [6.45, 7) is 0.563. The standard InChI is InChI=1S/C34H32F2N2O5S/c35-29-9-10-31(36)28(20-29)21-42-33(39)38-17-14-34(15-18-38)13-12-27-19-26(8-11-32(27)43-34)25-6-4-24(5-7-25)22-44(40,41)23-30-3-1-2-16-37-30/h1-11,16,19-20H,12-15,17-18,21-23H2. The number of amides is 1. The third-order valence-electron chi connectivity index (χ3n) is 8.30. The SMILES string of the molecule is O=C(OCc1cc(F)ccc1F)N1CCC2(CCc3cc(-c4ccc(CS(=O)(=O)Cc5ccccn5)cc4)ccc3O2)CC1. The smallest absolute Gasteiger partial charge is 0.410 e. The maximum Gasteiger partial charge on any atom is 0.410 e. The van der Waals surface area contributed by atoms with Crippen LogP contribution in [0, 0.1) is 11.6 Å². The number of hydrogen-bond donors (Lipinski definition) is 0. The second-order valence-electron chi connectivity index (χ2n) is 11.4. The van der Waals surface area contributed by atoms with Crippen molar-refractivity contribution in [3.63, 3.8) is 0 Å². The van der Waals surface area contributed by atoms with Crippen LogP contribution in [0.25, 0.3) is 11.1 Å². The number of aromatic nitrogens is 1. The number of sulfone groups is 1. The molecule has 2 aliphatic heterocycles. The Morgan fingerprint density at radius 3 is 2.43 bits per heavy atom. The van der Waals surface area contributed by atoms with Crippen LogP contribution in [-0.4, -0.2) is 43.1 Å². The summed E-state index contributed by atoms with van der Waals surface area (Å²) < 4.78 is 64.4. The molecule has 0 radical (unpaired) electrons. The van der Waals surface area contributed by atoms with Gasteiger partial charge in [-0.1, -0.05) is 36.4 Å². The second-order valence-corrected chi connectivity index (χ2v) is 13.5. The number of hydrogen-bond acceptors (Lipinski definition) is 6. The Bertz CT molecular complexity index is 1760. The molecule has 6 rings (SSSR count). The Morgan fingerprint density at radius 2 is 1.68 bits per heavy atom. The van der Waals surface area contributed by atoms with E-state index < -0.39 is 27.6 Å². The molecule has 0 bridgehead atoms. The van der Waals surface area contributed by atoms with E-state index in [1.807, 2.05) is 36.4 Å². The fourth-order valence-electron chi connectivity index (χ4n) is 5.84. The van der Waals surface area contributed by atoms with Gasteiger partial charge in [-0.3, -0.25) is 4.98 Å². The Labute approximate surface area is 255 Å². The van der Waals surface area contributed by atoms with E-state index in [1.54, 1.807) is 29.3 Å². The lowest BCUT2D eigenvalue weighted by Gasteiger charge is -2.44. The maximum atomic E-state index is 13.9. The van der Waals surface area contributed by atoms with Gasteiger partial charge < -0.3 is 14.4 Å². The molecule has 4 aromatic rings. The van der Waals surface area contributed by atoms with Crippen molar-refractivity contribution < 1.29 is 31.5 Å². The molecule has 0 aliphatic carbocycles. The van der Waals surface area contributed by atoms with Crippen molar-refractivity contribution in [2.24, 2.45) is 0 Å². The number of pyridine rings is 1. The van der Waals surface area contributed by atoms with Crippen LogP contribution in [0.4, 0.5) is 13.6 Å². The molecule has 2 aliphatic rings. The highest BCUT2D eigenvalue weighted by atomic mass is 32.2. The first-order valence-electron chi connectivity index (χ1n) is 14.5. The van der Waals surface area contributed by atoms with E-state index in [1.165, 1.54) is 0 Å². The van der Waals surface area contributed by atoms with E-state index in [9.17, 15) is 22.0 Å². The fourth-order valence-corrected chi connectivity index (χ4v) is 7.27. The Balaban J connectivity index is 1.04. The van der Waals surface area contributed by atoms with Gasteiger partial charge in [0.25, 0.3) is 0 Å². The summed E-state index contributed by atoms with van der Waals surface area (Å²) in [5.41, 5.74) is 4.01. The third kappa shape index (κ3) is 6.91. The first-order chi connectivity index (χ1) is 21.2. The number of benzene rings is 3. The summed E-state index contributed by atoms with van der Waals surface area (Å²) >= 11 is 0. The summed E-state index contributed by atoms with van der Waals surface area (Å²) in [7, 11) is -3.35. The minimum Gasteiger partial charge on any atom is -0.487 e. The van der Waals surface area contributed by atoms with E-state index in [4.69, 9.17) is 9.47 Å². The van der Waals surface area contributed by atoms with Crippen LogP contribution >= 0.6 is 0 Å². The largest absolute Gasteiger partial charge is 0.487 e. The molecule has 0 N–H and O–H groups in total. The number of aryl methyl sites for hydroxylation is 1. The van der Waals surface area contributed by atoms with Crippen molar-refractivity contribution in [2.75, 3.05) is 13.1 Å². The molecule has 3 aromatic carbocycles. The lowest BCUT2D eigenvalue weighted by molar-refractivity contribution is -0.0151. The van der Waals surface area contributed by atoms with Gasteiger partial charge in [0.05, 0.1) is 17.2 Å². The van der Waals surface area contributed by atoms with Crippen molar-refractivity contribution in [2.45, 2.75) is 49.4 Å². The van der Waals surface area contributed by atoms with Crippen molar-refractivity contribution >= 4 is 15.9 Å². The molecular weight excluding hydrogens is 586 g/mol. The number of nitrogens with zero attached hydrogens (tertiary/aromatic N) is 2. The van der Waals surface area contributed by atoms with Crippen LogP contribution in [0.5, 0.6) is 5.75 Å². The summed E-state index contributed by atoms with van der Waals surface area (Å²) in [4.78, 5) is 18.3. The predicted molar refractivity (Wildman–Crippen MR) is 161 cm³/mol. The molecule has 10 heteroatoms. The first-order valence-corrected chi connectivity index (χ1v) is 16.4. The number of carbonyl (C=O) groups excluding carboxylic acids is 1. The molecule has 0 atom stereocenters. The zero-order valence-corrected chi connectivity index (χ0v) is 24.9. The topological polar surface area (TPSA) is 85.8 Å². The van der Waals surface area contributed by atoms with E-state index in [-0.39, 0.29) is 29.3 Å². The monoisotopic (exact) mass is 618 g/mol. The van der Waals surface area contributed by atoms with Crippen LogP contribution < -0.4 is 4.74 Å². The number of halogens is 2. The Hall–Kier alpha value is -4.31. The minimum atomic E-state index is -3.35. The third-order valence-corrected chi connectivity index (χ3v) is 9.81. The highest BCUT2D eigenvalue weighted by Crippen LogP contribution is 2.41. The molecule has 0 saturated carbocycles. The van der Waals surface area contributed by atoms with Crippen LogP contribution in [0.2, 0.25) is 0 Å². The molecule has 0 unspecified atom stereocenters. The molecule has 3 heterocycles. The normalized spacial score (nSPS) is 15.8. The van der Waals surface area contributed by atoms with Gasteiger partial charge in [0.2, 0.25) is 0 Å². The highest BCUT2D eigenvalue weighted by Gasteiger charge is 2.41. The van der Waals surface area contributed by atoms with Gasteiger partial charge in [0.1, 0.15) is 29.6 Å². The predicted octanol–water partition coefficient (Wildman–Crippen LogP) is 6.64. The van der Waals surface area contributed by atoms with Gasteiger partial charge in [-0.05, 0) is 77.6 Å². The van der Waals surface area contributed by atoms with Gasteiger partial charge >= 0.3 is 6.09 Å². The number of ether oxygens (including phenoxy) is 2. The quantitative estimate of drug-likeness (QED) is 0.231. The van der Waals surface area contributed by atoms with E-state index in [0.29, 0.717) is 31.6 Å². The van der Waals surface area contributed by atoms with Crippen LogP contribution in [0.3, 0.4) is 0 Å². The van der Waals surface area contributed by atoms with Crippen molar-refractivity contribution in [3.8, 4) is 16.9 Å². The zero-order valence-electron chi connectivity index (χ0n) is 24.0. The number of likely N-dealkylation sites (tertiary alicyclic amines) is 1. The average molecular weight is 619 g/mol. The lowest BCUT2D eigenvalue weighted by Crippen LogP contribution is -2.51. The van der Waals surface area contributed by atoms with Crippen LogP contribution in [-0.2, 0) is 39.1 Å². The maximum absolute atomic E-state index is 13.9. The van der Waals surface area contributed by atoms with E-state index in [0.717, 1.165) is 59.0 Å². The van der Waals surface area contributed by atoms with Crippen LogP contribution in [0.15, 0.2) is 85.1 Å². The van der Waals surface area contributed by atoms with Crippen LogP contribution in [0.1, 0.15) is 41.6 Å². The van der Waals surface area contributed by atoms with Crippen molar-refractivity contribution in [1.29, 1.82) is 0 Å². The van der Waals surface area contributed by atoms with Crippen molar-refractivity contribution in [3.05, 3.63) is 119 Å². The summed E-state index contributed by atoms with van der Waals surface area (Å²) in [6, 6.07) is 22.0. The first kappa shape index (κ1) is 29.7. The van der Waals surface area contributed by atoms with Gasteiger partial charge in [0, 0.05) is 37.7 Å². The molecule has 1 spiro atoms. The Kier molecular flexibility index (Phi) is 8.35. The molecule has 7 nitrogen and oxygen atoms in total. The molecule has 1 amide bonds. The average Bonchev–Trinajstić information content (AvgIpc) is 3.02. The van der Waals surface area contributed by atoms with Crippen molar-refractivity contribution in [1.82, 2.24) is 9.88 Å². The molecule has 228 valence electrons. The fraction of sp³-hybridized carbons (Fsp3) is 0.294. The molecule has 44 heavy (non-hydrogen) atoms. The molecule has 1 fully saturated rings. The second kappa shape index (κ2) is 12.4. The van der Waals surface area contributed by atoms with Gasteiger partial charge in [-0.15, -0.1) is 0 Å². The zero-order chi connectivity index (χ0) is 30.7. The van der Waals surface area contributed by atoms with Gasteiger partial charge in [-0.25, -0.2) is 22.0 Å². The molecule has 1 saturated heterocycles. The lowest BCUT2D eigenvalue weighted by atomic mass is 9.82. The summed E-state index contributed by atoms with van der Waals surface area (Å²) in [5, 5.41) is 0. The highest BCUT2D eigenvalue weighted by molar-refractivity contribution is 7.89. The van der Waals surface area contributed by atoms with Gasteiger partial charge in [0.15, 0.2) is 9.84 Å². The van der Waals surface area contributed by atoms with E-state index in [2.05, 4.69) is 11.1 Å². The van der Waals surface area contributed by atoms with E-state index >= 15 is 0 Å². The molecule has 1 aromatic heterocycles. The summed E-state index contributed by atoms with van der Waals surface area (Å²) in [6.07, 6.45) is 3.96. The van der Waals surface area contributed by atoms with Gasteiger partial charge in [-0.2, -0.15) is 0 Å². The Morgan fingerprint density at radius 1 is 0.909 bits per heavy atom. The minimum absolute atomic E-state index is 0.00101. The number of carbonyl (C=O) groups is 1. The summed E-state index contributed by atoms with van der Waals surface area (Å²) in [5.74, 6) is -0.519. The number of fused-ring (bicyclic) bond motifs is 1. The molecular formula is C34H32F2N2O5S. The number of piperidine rings is 1. The number of rotatable bonds is 7.